The molecular weight excluding hydrogens is 364 g/mol. The maximum Gasteiger partial charge on any atom is 0.305 e. The second-order valence-corrected chi connectivity index (χ2v) is 8.24. The second kappa shape index (κ2) is 23.2. The molecule has 0 amide bonds. The molecule has 0 atom stereocenters. The van der Waals surface area contributed by atoms with E-state index in [2.05, 4.69) is 13.8 Å². The Balaban J connectivity index is 3.30. The second-order valence-electron chi connectivity index (χ2n) is 8.24. The number of hydrogen-bond acceptors (Lipinski definition) is 4. The number of rotatable bonds is 22. The van der Waals surface area contributed by atoms with E-state index in [0.29, 0.717) is 12.8 Å². The molecule has 4 nitrogen and oxygen atoms in total. The van der Waals surface area contributed by atoms with Crippen LogP contribution in [0.15, 0.2) is 0 Å². The normalized spacial score (nSPS) is 10.8. The summed E-state index contributed by atoms with van der Waals surface area (Å²) in [5.41, 5.74) is 0. The highest BCUT2D eigenvalue weighted by molar-refractivity contribution is 5.70. The van der Waals surface area contributed by atoms with Crippen molar-refractivity contribution in [2.24, 2.45) is 0 Å². The largest absolute Gasteiger partial charge is 0.462 e. The first-order chi connectivity index (χ1) is 14.2. The van der Waals surface area contributed by atoms with E-state index >= 15 is 0 Å². The van der Waals surface area contributed by atoms with Crippen molar-refractivity contribution >= 4 is 11.9 Å². The number of ether oxygens (including phenoxy) is 2. The van der Waals surface area contributed by atoms with Gasteiger partial charge in [-0.05, 0) is 12.8 Å². The molecule has 0 aliphatic heterocycles. The molecular formula is C25H48O4. The highest BCUT2D eigenvalue weighted by Crippen LogP contribution is 2.11. The molecule has 0 aromatic heterocycles. The monoisotopic (exact) mass is 412 g/mol. The lowest BCUT2D eigenvalue weighted by Crippen LogP contribution is -2.13. The van der Waals surface area contributed by atoms with E-state index in [1.807, 2.05) is 0 Å². The third kappa shape index (κ3) is 23.1. The highest BCUT2D eigenvalue weighted by atomic mass is 16.6. The fourth-order valence-electron chi connectivity index (χ4n) is 3.44. The van der Waals surface area contributed by atoms with Crippen molar-refractivity contribution in [2.75, 3.05) is 13.2 Å². The zero-order valence-corrected chi connectivity index (χ0v) is 19.5. The molecule has 0 aromatic rings. The maximum absolute atomic E-state index is 11.7. The van der Waals surface area contributed by atoms with Gasteiger partial charge in [0.2, 0.25) is 0 Å². The predicted octanol–water partition coefficient (Wildman–Crippen LogP) is 7.52. The molecule has 4 heteroatoms. The molecule has 0 rings (SSSR count). The number of unbranched alkanes of at least 4 members (excludes halogenated alkanes) is 15. The van der Waals surface area contributed by atoms with E-state index < -0.39 is 0 Å². The molecule has 0 saturated carbocycles. The van der Waals surface area contributed by atoms with Gasteiger partial charge in [-0.15, -0.1) is 0 Å². The van der Waals surface area contributed by atoms with E-state index in [4.69, 9.17) is 9.47 Å². The van der Waals surface area contributed by atoms with Gasteiger partial charge in [0, 0.05) is 12.8 Å². The average molecular weight is 413 g/mol. The lowest BCUT2D eigenvalue weighted by Gasteiger charge is -2.07. The van der Waals surface area contributed by atoms with E-state index in [0.717, 1.165) is 25.7 Å². The SMILES string of the molecule is CCCCCCCCCCCC(=O)OCCOC(=O)CCCCCCCCCC. The summed E-state index contributed by atoms with van der Waals surface area (Å²) < 4.78 is 10.3. The fraction of sp³-hybridized carbons (Fsp3) is 0.920. The fourth-order valence-corrected chi connectivity index (χ4v) is 3.44. The van der Waals surface area contributed by atoms with E-state index in [1.54, 1.807) is 0 Å². The molecule has 0 heterocycles. The van der Waals surface area contributed by atoms with Crippen LogP contribution >= 0.6 is 0 Å². The van der Waals surface area contributed by atoms with Crippen LogP contribution in [0.25, 0.3) is 0 Å². The lowest BCUT2D eigenvalue weighted by molar-refractivity contribution is -0.152. The summed E-state index contributed by atoms with van der Waals surface area (Å²) >= 11 is 0. The first-order valence-corrected chi connectivity index (χ1v) is 12.5. The predicted molar refractivity (Wildman–Crippen MR) is 121 cm³/mol. The molecule has 0 unspecified atom stereocenters. The summed E-state index contributed by atoms with van der Waals surface area (Å²) in [7, 11) is 0. The van der Waals surface area contributed by atoms with Gasteiger partial charge in [0.1, 0.15) is 13.2 Å². The minimum Gasteiger partial charge on any atom is -0.462 e. The highest BCUT2D eigenvalue weighted by Gasteiger charge is 2.05. The van der Waals surface area contributed by atoms with Crippen molar-refractivity contribution in [2.45, 2.75) is 136 Å². The van der Waals surface area contributed by atoms with E-state index in [9.17, 15) is 9.59 Å². The molecule has 0 N–H and O–H groups in total. The molecule has 0 radical (unpaired) electrons. The van der Waals surface area contributed by atoms with Gasteiger partial charge in [0.05, 0.1) is 0 Å². The van der Waals surface area contributed by atoms with Crippen LogP contribution in [0.5, 0.6) is 0 Å². The maximum atomic E-state index is 11.7. The minimum absolute atomic E-state index is 0.174. The van der Waals surface area contributed by atoms with Crippen molar-refractivity contribution in [3.63, 3.8) is 0 Å². The Morgan fingerprint density at radius 3 is 1.03 bits per heavy atom. The minimum atomic E-state index is -0.175. The third-order valence-electron chi connectivity index (χ3n) is 5.33. The molecule has 0 fully saturated rings. The van der Waals surface area contributed by atoms with E-state index in [1.165, 1.54) is 83.5 Å². The molecule has 0 spiro atoms. The van der Waals surface area contributed by atoms with Crippen LogP contribution in [0.2, 0.25) is 0 Å². The Hall–Kier alpha value is -1.06. The summed E-state index contributed by atoms with van der Waals surface area (Å²) in [5.74, 6) is -0.349. The quantitative estimate of drug-likeness (QED) is 0.136. The van der Waals surface area contributed by atoms with Crippen LogP contribution in [0, 0.1) is 0 Å². The Kier molecular flexibility index (Phi) is 22.4. The van der Waals surface area contributed by atoms with E-state index in [-0.39, 0.29) is 25.2 Å². The Morgan fingerprint density at radius 1 is 0.448 bits per heavy atom. The molecule has 0 saturated heterocycles. The van der Waals surface area contributed by atoms with Crippen molar-refractivity contribution in [3.05, 3.63) is 0 Å². The summed E-state index contributed by atoms with van der Waals surface area (Å²) in [6.45, 7) is 4.82. The van der Waals surface area contributed by atoms with Crippen LogP contribution in [0.1, 0.15) is 136 Å². The number of esters is 2. The number of carbonyl (C=O) groups excluding carboxylic acids is 2. The summed E-state index contributed by atoms with van der Waals surface area (Å²) in [6.07, 6.45) is 21.8. The zero-order chi connectivity index (χ0) is 21.4. The molecule has 0 aromatic carbocycles. The zero-order valence-electron chi connectivity index (χ0n) is 19.5. The summed E-state index contributed by atoms with van der Waals surface area (Å²) in [5, 5.41) is 0. The molecule has 0 aliphatic carbocycles. The van der Waals surface area contributed by atoms with Crippen LogP contribution in [0.4, 0.5) is 0 Å². The van der Waals surface area contributed by atoms with Crippen molar-refractivity contribution in [1.29, 1.82) is 0 Å². The molecule has 172 valence electrons. The average Bonchev–Trinajstić information content (AvgIpc) is 2.72. The molecule has 29 heavy (non-hydrogen) atoms. The standard InChI is InChI=1S/C25H48O4/c1-3-5-7-9-11-13-15-17-19-21-25(27)29-23-22-28-24(26)20-18-16-14-12-10-8-6-4-2/h3-23H2,1-2H3. The van der Waals surface area contributed by atoms with Gasteiger partial charge < -0.3 is 9.47 Å². The number of hydrogen-bond donors (Lipinski definition) is 0. The van der Waals surface area contributed by atoms with Crippen LogP contribution in [0.3, 0.4) is 0 Å². The van der Waals surface area contributed by atoms with Gasteiger partial charge in [-0.25, -0.2) is 0 Å². The Labute approximate surface area is 180 Å². The van der Waals surface area contributed by atoms with Crippen molar-refractivity contribution in [3.8, 4) is 0 Å². The third-order valence-corrected chi connectivity index (χ3v) is 5.33. The van der Waals surface area contributed by atoms with Crippen LogP contribution in [-0.4, -0.2) is 25.2 Å². The first kappa shape index (κ1) is 27.9. The van der Waals surface area contributed by atoms with Crippen molar-refractivity contribution < 1.29 is 19.1 Å². The summed E-state index contributed by atoms with van der Waals surface area (Å²) in [4.78, 5) is 23.3. The van der Waals surface area contributed by atoms with Crippen molar-refractivity contribution in [1.82, 2.24) is 0 Å². The van der Waals surface area contributed by atoms with Gasteiger partial charge in [0.25, 0.3) is 0 Å². The van der Waals surface area contributed by atoms with Crippen LogP contribution in [-0.2, 0) is 19.1 Å². The topological polar surface area (TPSA) is 52.6 Å². The Morgan fingerprint density at radius 2 is 0.724 bits per heavy atom. The van der Waals surface area contributed by atoms with Gasteiger partial charge in [-0.1, -0.05) is 110 Å². The van der Waals surface area contributed by atoms with Gasteiger partial charge in [0.15, 0.2) is 0 Å². The Bertz CT molecular complexity index is 368. The molecule has 0 bridgehead atoms. The number of carbonyl (C=O) groups is 2. The molecule has 0 aliphatic rings. The smallest absolute Gasteiger partial charge is 0.305 e. The van der Waals surface area contributed by atoms with Gasteiger partial charge in [-0.3, -0.25) is 9.59 Å². The lowest BCUT2D eigenvalue weighted by atomic mass is 10.1. The first-order valence-electron chi connectivity index (χ1n) is 12.5. The van der Waals surface area contributed by atoms with Gasteiger partial charge >= 0.3 is 11.9 Å². The van der Waals surface area contributed by atoms with Gasteiger partial charge in [-0.2, -0.15) is 0 Å². The van der Waals surface area contributed by atoms with Crippen LogP contribution < -0.4 is 0 Å². The summed E-state index contributed by atoms with van der Waals surface area (Å²) in [6, 6.07) is 0.